The SMILES string of the molecule is CC(C)N1CC[C@H](C)c2cc(-c3cnn(C)c3)ccc21. The molecule has 2 heterocycles. The number of hydrogen-bond acceptors (Lipinski definition) is 2. The van der Waals surface area contributed by atoms with E-state index in [0.717, 1.165) is 6.54 Å². The lowest BCUT2D eigenvalue weighted by atomic mass is 9.88. The Morgan fingerprint density at radius 2 is 2.05 bits per heavy atom. The molecule has 0 bridgehead atoms. The van der Waals surface area contributed by atoms with E-state index in [1.807, 2.05) is 17.9 Å². The number of aryl methyl sites for hydroxylation is 1. The largest absolute Gasteiger partial charge is 0.369 e. The fraction of sp³-hybridized carbons (Fsp3) is 0.471. The Hall–Kier alpha value is -1.77. The number of benzene rings is 1. The van der Waals surface area contributed by atoms with Gasteiger partial charge in [0, 0.05) is 37.1 Å². The maximum atomic E-state index is 4.27. The molecule has 1 aliphatic rings. The molecule has 0 amide bonds. The van der Waals surface area contributed by atoms with Gasteiger partial charge in [0.2, 0.25) is 0 Å². The molecule has 0 spiro atoms. The Morgan fingerprint density at radius 3 is 2.70 bits per heavy atom. The highest BCUT2D eigenvalue weighted by molar-refractivity contribution is 5.69. The van der Waals surface area contributed by atoms with Crippen molar-refractivity contribution >= 4 is 5.69 Å². The molecule has 0 saturated heterocycles. The minimum atomic E-state index is 0.561. The van der Waals surface area contributed by atoms with Crippen molar-refractivity contribution in [1.82, 2.24) is 9.78 Å². The summed E-state index contributed by atoms with van der Waals surface area (Å²) in [5.41, 5.74) is 5.36. The van der Waals surface area contributed by atoms with E-state index in [9.17, 15) is 0 Å². The molecule has 0 aliphatic carbocycles. The van der Waals surface area contributed by atoms with E-state index in [0.29, 0.717) is 12.0 Å². The lowest BCUT2D eigenvalue weighted by molar-refractivity contribution is 0.573. The Kier molecular flexibility index (Phi) is 3.28. The molecule has 0 N–H and O–H groups in total. The first-order valence-corrected chi connectivity index (χ1v) is 7.46. The van der Waals surface area contributed by atoms with Gasteiger partial charge in [0.25, 0.3) is 0 Å². The summed E-state index contributed by atoms with van der Waals surface area (Å²) < 4.78 is 1.86. The van der Waals surface area contributed by atoms with Gasteiger partial charge in [-0.25, -0.2) is 0 Å². The molecule has 3 nitrogen and oxygen atoms in total. The second kappa shape index (κ2) is 4.97. The van der Waals surface area contributed by atoms with E-state index in [4.69, 9.17) is 0 Å². The van der Waals surface area contributed by atoms with Gasteiger partial charge in [-0.05, 0) is 49.4 Å². The van der Waals surface area contributed by atoms with E-state index >= 15 is 0 Å². The van der Waals surface area contributed by atoms with Crippen LogP contribution in [0.2, 0.25) is 0 Å². The molecule has 1 aliphatic heterocycles. The second-order valence-corrected chi connectivity index (χ2v) is 6.15. The summed E-state index contributed by atoms with van der Waals surface area (Å²) in [4.78, 5) is 2.52. The lowest BCUT2D eigenvalue weighted by Gasteiger charge is -2.37. The monoisotopic (exact) mass is 269 g/mol. The van der Waals surface area contributed by atoms with Crippen LogP contribution in [0.4, 0.5) is 5.69 Å². The van der Waals surface area contributed by atoms with Crippen LogP contribution in [0.5, 0.6) is 0 Å². The third-order valence-corrected chi connectivity index (χ3v) is 4.33. The van der Waals surface area contributed by atoms with Crippen molar-refractivity contribution in [3.05, 3.63) is 36.2 Å². The fourth-order valence-corrected chi connectivity index (χ4v) is 3.11. The van der Waals surface area contributed by atoms with Gasteiger partial charge in [0.1, 0.15) is 0 Å². The van der Waals surface area contributed by atoms with Crippen LogP contribution in [-0.4, -0.2) is 22.4 Å². The first-order valence-electron chi connectivity index (χ1n) is 7.46. The summed E-state index contributed by atoms with van der Waals surface area (Å²) in [6.07, 6.45) is 5.26. The zero-order chi connectivity index (χ0) is 14.3. The molecule has 1 aromatic heterocycles. The summed E-state index contributed by atoms with van der Waals surface area (Å²) in [5.74, 6) is 0.636. The molecule has 2 aromatic rings. The predicted octanol–water partition coefficient (Wildman–Crippen LogP) is 3.81. The van der Waals surface area contributed by atoms with Gasteiger partial charge in [-0.15, -0.1) is 0 Å². The fourth-order valence-electron chi connectivity index (χ4n) is 3.11. The third-order valence-electron chi connectivity index (χ3n) is 4.33. The number of aromatic nitrogens is 2. The van der Waals surface area contributed by atoms with Crippen LogP contribution in [-0.2, 0) is 7.05 Å². The second-order valence-electron chi connectivity index (χ2n) is 6.15. The van der Waals surface area contributed by atoms with Crippen LogP contribution >= 0.6 is 0 Å². The summed E-state index contributed by atoms with van der Waals surface area (Å²) in [6.45, 7) is 8.05. The maximum Gasteiger partial charge on any atom is 0.0568 e. The Balaban J connectivity index is 2.05. The smallest absolute Gasteiger partial charge is 0.0568 e. The molecule has 0 unspecified atom stereocenters. The molecule has 3 heteroatoms. The van der Waals surface area contributed by atoms with Gasteiger partial charge >= 0.3 is 0 Å². The minimum Gasteiger partial charge on any atom is -0.369 e. The van der Waals surface area contributed by atoms with Gasteiger partial charge in [-0.3, -0.25) is 4.68 Å². The van der Waals surface area contributed by atoms with Crippen LogP contribution in [0.1, 0.15) is 38.7 Å². The van der Waals surface area contributed by atoms with Crippen molar-refractivity contribution in [1.29, 1.82) is 0 Å². The number of rotatable bonds is 2. The molecule has 0 radical (unpaired) electrons. The van der Waals surface area contributed by atoms with Crippen LogP contribution in [0.15, 0.2) is 30.6 Å². The third kappa shape index (κ3) is 2.21. The summed E-state index contributed by atoms with van der Waals surface area (Å²) in [6, 6.07) is 7.42. The van der Waals surface area contributed by atoms with Crippen LogP contribution in [0.3, 0.4) is 0 Å². The average molecular weight is 269 g/mol. The molecule has 1 atom stereocenters. The number of nitrogens with zero attached hydrogens (tertiary/aromatic N) is 3. The number of fused-ring (bicyclic) bond motifs is 1. The van der Waals surface area contributed by atoms with Crippen LogP contribution < -0.4 is 4.90 Å². The summed E-state index contributed by atoms with van der Waals surface area (Å²) >= 11 is 0. The minimum absolute atomic E-state index is 0.561. The van der Waals surface area contributed by atoms with Crippen molar-refractivity contribution < 1.29 is 0 Å². The predicted molar refractivity (Wildman–Crippen MR) is 84.2 cm³/mol. The average Bonchev–Trinajstić information content (AvgIpc) is 2.85. The lowest BCUT2D eigenvalue weighted by Crippen LogP contribution is -2.36. The van der Waals surface area contributed by atoms with Gasteiger partial charge < -0.3 is 4.90 Å². The van der Waals surface area contributed by atoms with Crippen molar-refractivity contribution in [3.8, 4) is 11.1 Å². The molecule has 1 aromatic carbocycles. The zero-order valence-electron chi connectivity index (χ0n) is 12.8. The normalized spacial score (nSPS) is 18.4. The highest BCUT2D eigenvalue weighted by Crippen LogP contribution is 2.38. The van der Waals surface area contributed by atoms with Crippen molar-refractivity contribution in [2.24, 2.45) is 7.05 Å². The highest BCUT2D eigenvalue weighted by Gasteiger charge is 2.24. The van der Waals surface area contributed by atoms with Crippen molar-refractivity contribution in [3.63, 3.8) is 0 Å². The summed E-state index contributed by atoms with van der Waals surface area (Å²) in [5, 5.41) is 4.27. The first kappa shape index (κ1) is 13.2. The van der Waals surface area contributed by atoms with Gasteiger partial charge in [0.15, 0.2) is 0 Å². The number of anilines is 1. The van der Waals surface area contributed by atoms with Gasteiger partial charge in [-0.2, -0.15) is 5.10 Å². The molecule has 0 fully saturated rings. The Labute approximate surface area is 121 Å². The van der Waals surface area contributed by atoms with Crippen molar-refractivity contribution in [2.45, 2.75) is 39.2 Å². The topological polar surface area (TPSA) is 21.1 Å². The van der Waals surface area contributed by atoms with E-state index < -0.39 is 0 Å². The number of hydrogen-bond donors (Lipinski definition) is 0. The van der Waals surface area contributed by atoms with E-state index in [1.165, 1.54) is 28.8 Å². The molecular weight excluding hydrogens is 246 g/mol. The Bertz CT molecular complexity index is 612. The van der Waals surface area contributed by atoms with Crippen LogP contribution in [0, 0.1) is 0 Å². The van der Waals surface area contributed by atoms with Gasteiger partial charge in [-0.1, -0.05) is 13.0 Å². The van der Waals surface area contributed by atoms with E-state index in [1.54, 1.807) is 0 Å². The zero-order valence-corrected chi connectivity index (χ0v) is 12.8. The molecule has 3 rings (SSSR count). The van der Waals surface area contributed by atoms with Gasteiger partial charge in [0.05, 0.1) is 6.20 Å². The molecular formula is C17H23N3. The van der Waals surface area contributed by atoms with Crippen LogP contribution in [0.25, 0.3) is 11.1 Å². The summed E-state index contributed by atoms with van der Waals surface area (Å²) in [7, 11) is 1.96. The highest BCUT2D eigenvalue weighted by atomic mass is 15.2. The maximum absolute atomic E-state index is 4.27. The first-order chi connectivity index (χ1) is 9.56. The molecule has 106 valence electrons. The molecule has 0 saturated carbocycles. The quantitative estimate of drug-likeness (QED) is 0.826. The van der Waals surface area contributed by atoms with Crippen molar-refractivity contribution in [2.75, 3.05) is 11.4 Å². The molecule has 20 heavy (non-hydrogen) atoms. The Morgan fingerprint density at radius 1 is 1.25 bits per heavy atom. The van der Waals surface area contributed by atoms with E-state index in [-0.39, 0.29) is 0 Å². The van der Waals surface area contributed by atoms with E-state index in [2.05, 4.69) is 55.2 Å². The standard InChI is InChI=1S/C17H23N3/c1-12(2)20-8-7-13(3)16-9-14(5-6-17(16)20)15-10-18-19(4)11-15/h5-6,9-13H,7-8H2,1-4H3/t13-/m0/s1.